The first-order chi connectivity index (χ1) is 10.9. The standard InChI is InChI=1S/C16H27N3O3S.ClH/c1-4-6-7-13(11-17)19-16(20)15-10-14(9-8-12(15)3)23(21,22)18-5-2;/h8-10,13,18H,4-7,11,17H2,1-3H3,(H,19,20);1H. The van der Waals surface area contributed by atoms with Gasteiger partial charge >= 0.3 is 0 Å². The van der Waals surface area contributed by atoms with E-state index < -0.39 is 10.0 Å². The lowest BCUT2D eigenvalue weighted by molar-refractivity contribution is 0.0935. The molecule has 0 fully saturated rings. The highest BCUT2D eigenvalue weighted by molar-refractivity contribution is 7.89. The summed E-state index contributed by atoms with van der Waals surface area (Å²) in [7, 11) is -3.59. The maximum Gasteiger partial charge on any atom is 0.251 e. The lowest BCUT2D eigenvalue weighted by Crippen LogP contribution is -2.40. The molecule has 138 valence electrons. The fraction of sp³-hybridized carbons (Fsp3) is 0.562. The molecule has 0 saturated heterocycles. The van der Waals surface area contributed by atoms with Crippen LogP contribution in [0.15, 0.2) is 23.1 Å². The smallest absolute Gasteiger partial charge is 0.251 e. The zero-order valence-corrected chi connectivity index (χ0v) is 16.1. The molecule has 1 rings (SSSR count). The Morgan fingerprint density at radius 1 is 1.29 bits per heavy atom. The Kier molecular flexibility index (Phi) is 10.1. The van der Waals surface area contributed by atoms with Gasteiger partial charge in [0.15, 0.2) is 0 Å². The van der Waals surface area contributed by atoms with Gasteiger partial charge in [0.1, 0.15) is 0 Å². The van der Waals surface area contributed by atoms with Crippen LogP contribution in [0.2, 0.25) is 0 Å². The second kappa shape index (κ2) is 10.7. The molecule has 4 N–H and O–H groups in total. The highest BCUT2D eigenvalue weighted by atomic mass is 35.5. The van der Waals surface area contributed by atoms with Gasteiger partial charge in [0, 0.05) is 24.7 Å². The maximum absolute atomic E-state index is 12.5. The van der Waals surface area contributed by atoms with Crippen molar-refractivity contribution in [1.29, 1.82) is 0 Å². The maximum atomic E-state index is 12.5. The van der Waals surface area contributed by atoms with Crippen molar-refractivity contribution in [3.63, 3.8) is 0 Å². The van der Waals surface area contributed by atoms with Crippen LogP contribution in [0.1, 0.15) is 49.0 Å². The first-order valence-electron chi connectivity index (χ1n) is 7.96. The molecule has 0 heterocycles. The second-order valence-corrected chi connectivity index (χ2v) is 7.29. The normalized spacial score (nSPS) is 12.3. The van der Waals surface area contributed by atoms with Crippen molar-refractivity contribution in [1.82, 2.24) is 10.0 Å². The van der Waals surface area contributed by atoms with Gasteiger partial charge in [-0.15, -0.1) is 12.4 Å². The fourth-order valence-corrected chi connectivity index (χ4v) is 3.32. The first-order valence-corrected chi connectivity index (χ1v) is 9.45. The van der Waals surface area contributed by atoms with Gasteiger partial charge < -0.3 is 11.1 Å². The zero-order valence-electron chi connectivity index (χ0n) is 14.5. The van der Waals surface area contributed by atoms with Gasteiger partial charge in [-0.05, 0) is 31.0 Å². The van der Waals surface area contributed by atoms with Gasteiger partial charge in [0.2, 0.25) is 10.0 Å². The van der Waals surface area contributed by atoms with E-state index in [2.05, 4.69) is 17.0 Å². The van der Waals surface area contributed by atoms with Crippen LogP contribution < -0.4 is 15.8 Å². The molecule has 1 unspecified atom stereocenters. The molecule has 1 aromatic carbocycles. The molecule has 0 radical (unpaired) electrons. The van der Waals surface area contributed by atoms with E-state index in [4.69, 9.17) is 5.73 Å². The zero-order chi connectivity index (χ0) is 17.5. The topological polar surface area (TPSA) is 101 Å². The number of amides is 1. The SMILES string of the molecule is CCCCC(CN)NC(=O)c1cc(S(=O)(=O)NCC)ccc1C.Cl. The third-order valence-electron chi connectivity index (χ3n) is 3.62. The van der Waals surface area contributed by atoms with Crippen LogP contribution >= 0.6 is 12.4 Å². The Morgan fingerprint density at radius 2 is 1.96 bits per heavy atom. The van der Waals surface area contributed by atoms with E-state index in [9.17, 15) is 13.2 Å². The molecule has 8 heteroatoms. The lowest BCUT2D eigenvalue weighted by atomic mass is 10.1. The Morgan fingerprint density at radius 3 is 2.50 bits per heavy atom. The van der Waals surface area contributed by atoms with E-state index in [1.54, 1.807) is 19.9 Å². The number of nitrogens with two attached hydrogens (primary N) is 1. The Hall–Kier alpha value is -1.15. The number of hydrogen-bond donors (Lipinski definition) is 3. The van der Waals surface area contributed by atoms with E-state index in [0.29, 0.717) is 18.7 Å². The highest BCUT2D eigenvalue weighted by Gasteiger charge is 2.18. The lowest BCUT2D eigenvalue weighted by Gasteiger charge is -2.17. The summed E-state index contributed by atoms with van der Waals surface area (Å²) >= 11 is 0. The van der Waals surface area contributed by atoms with Gasteiger partial charge in [-0.3, -0.25) is 4.79 Å². The Balaban J connectivity index is 0.00000529. The minimum atomic E-state index is -3.59. The fourth-order valence-electron chi connectivity index (χ4n) is 2.25. The average molecular weight is 378 g/mol. The molecule has 0 aromatic heterocycles. The molecule has 0 spiro atoms. The molecule has 24 heavy (non-hydrogen) atoms. The summed E-state index contributed by atoms with van der Waals surface area (Å²) in [6, 6.07) is 4.45. The van der Waals surface area contributed by atoms with Crippen LogP contribution in [0.25, 0.3) is 0 Å². The van der Waals surface area contributed by atoms with Crippen LogP contribution in [0.5, 0.6) is 0 Å². The quantitative estimate of drug-likeness (QED) is 0.612. The summed E-state index contributed by atoms with van der Waals surface area (Å²) in [6.45, 7) is 6.22. The van der Waals surface area contributed by atoms with Gasteiger partial charge in [0.05, 0.1) is 4.90 Å². The predicted molar refractivity (Wildman–Crippen MR) is 99.1 cm³/mol. The number of rotatable bonds is 9. The molecular weight excluding hydrogens is 350 g/mol. The number of carbonyl (C=O) groups excluding carboxylic acids is 1. The molecule has 0 bridgehead atoms. The number of carbonyl (C=O) groups is 1. The van der Waals surface area contributed by atoms with Crippen molar-refractivity contribution in [2.45, 2.75) is 51.0 Å². The van der Waals surface area contributed by atoms with Gasteiger partial charge in [-0.25, -0.2) is 13.1 Å². The van der Waals surface area contributed by atoms with Crippen molar-refractivity contribution in [3.8, 4) is 0 Å². The van der Waals surface area contributed by atoms with Gasteiger partial charge in [-0.2, -0.15) is 0 Å². The molecule has 0 saturated carbocycles. The number of sulfonamides is 1. The summed E-state index contributed by atoms with van der Waals surface area (Å²) < 4.78 is 26.6. The predicted octanol–water partition coefficient (Wildman–Crippen LogP) is 1.96. The minimum Gasteiger partial charge on any atom is -0.348 e. The molecule has 0 aliphatic carbocycles. The molecule has 1 aromatic rings. The van der Waals surface area contributed by atoms with E-state index in [1.807, 2.05) is 0 Å². The number of hydrogen-bond acceptors (Lipinski definition) is 4. The van der Waals surface area contributed by atoms with Crippen LogP contribution in [0.4, 0.5) is 0 Å². The molecule has 1 amide bonds. The molecule has 6 nitrogen and oxygen atoms in total. The number of aryl methyl sites for hydroxylation is 1. The van der Waals surface area contributed by atoms with Crippen molar-refractivity contribution in [2.75, 3.05) is 13.1 Å². The minimum absolute atomic E-state index is 0. The molecule has 1 atom stereocenters. The Labute approximate surface area is 151 Å². The van der Waals surface area contributed by atoms with Crippen LogP contribution in [0.3, 0.4) is 0 Å². The van der Waals surface area contributed by atoms with Crippen LogP contribution in [-0.4, -0.2) is 33.5 Å². The van der Waals surface area contributed by atoms with Crippen molar-refractivity contribution < 1.29 is 13.2 Å². The number of unbranched alkanes of at least 4 members (excludes halogenated alkanes) is 1. The number of benzene rings is 1. The van der Waals surface area contributed by atoms with Crippen molar-refractivity contribution >= 4 is 28.3 Å². The summed E-state index contributed by atoms with van der Waals surface area (Å²) in [5.74, 6) is -0.289. The van der Waals surface area contributed by atoms with E-state index in [0.717, 1.165) is 24.8 Å². The van der Waals surface area contributed by atoms with E-state index in [1.165, 1.54) is 12.1 Å². The molecule has 0 aliphatic heterocycles. The summed E-state index contributed by atoms with van der Waals surface area (Å²) in [6.07, 6.45) is 2.82. The van der Waals surface area contributed by atoms with Crippen molar-refractivity contribution in [2.24, 2.45) is 5.73 Å². The van der Waals surface area contributed by atoms with E-state index >= 15 is 0 Å². The second-order valence-electron chi connectivity index (χ2n) is 5.53. The number of nitrogens with one attached hydrogen (secondary N) is 2. The van der Waals surface area contributed by atoms with Crippen LogP contribution in [-0.2, 0) is 10.0 Å². The Bertz CT molecular complexity index is 635. The first kappa shape index (κ1) is 22.9. The third-order valence-corrected chi connectivity index (χ3v) is 5.17. The summed E-state index contributed by atoms with van der Waals surface area (Å²) in [5.41, 5.74) is 6.78. The largest absolute Gasteiger partial charge is 0.348 e. The van der Waals surface area contributed by atoms with E-state index in [-0.39, 0.29) is 29.3 Å². The summed E-state index contributed by atoms with van der Waals surface area (Å²) in [5, 5.41) is 2.89. The third kappa shape index (κ3) is 6.39. The van der Waals surface area contributed by atoms with Gasteiger partial charge in [-0.1, -0.05) is 32.8 Å². The van der Waals surface area contributed by atoms with Crippen molar-refractivity contribution in [3.05, 3.63) is 29.3 Å². The average Bonchev–Trinajstić information content (AvgIpc) is 2.51. The monoisotopic (exact) mass is 377 g/mol. The molecular formula is C16H28ClN3O3S. The highest BCUT2D eigenvalue weighted by Crippen LogP contribution is 2.16. The number of halogens is 1. The summed E-state index contributed by atoms with van der Waals surface area (Å²) in [4.78, 5) is 12.5. The molecule has 0 aliphatic rings. The van der Waals surface area contributed by atoms with Crippen LogP contribution in [0, 0.1) is 6.92 Å². The van der Waals surface area contributed by atoms with Gasteiger partial charge in [0.25, 0.3) is 5.91 Å².